The lowest BCUT2D eigenvalue weighted by Crippen LogP contribution is -2.49. The SMILES string of the molecule is C[C@H](NC(=O)N1CCC(NS(=O)(=O)c2cccs2)CC1)c1ccccc1. The Morgan fingerprint density at radius 1 is 1.15 bits per heavy atom. The minimum atomic E-state index is -3.46. The molecule has 2 heterocycles. The van der Waals surface area contributed by atoms with Crippen LogP contribution in [0.5, 0.6) is 0 Å². The maximum Gasteiger partial charge on any atom is 0.317 e. The smallest absolute Gasteiger partial charge is 0.317 e. The van der Waals surface area contributed by atoms with Crippen LogP contribution in [0, 0.1) is 0 Å². The maximum absolute atomic E-state index is 12.4. The predicted molar refractivity (Wildman–Crippen MR) is 103 cm³/mol. The highest BCUT2D eigenvalue weighted by molar-refractivity contribution is 7.91. The minimum absolute atomic E-state index is 0.0706. The van der Waals surface area contributed by atoms with Crippen LogP contribution >= 0.6 is 11.3 Å². The average molecular weight is 394 g/mol. The highest BCUT2D eigenvalue weighted by Gasteiger charge is 2.27. The molecule has 0 unspecified atom stereocenters. The summed E-state index contributed by atoms with van der Waals surface area (Å²) in [5, 5.41) is 4.75. The van der Waals surface area contributed by atoms with Crippen molar-refractivity contribution >= 4 is 27.4 Å². The van der Waals surface area contributed by atoms with E-state index in [2.05, 4.69) is 10.0 Å². The number of likely N-dealkylation sites (tertiary alicyclic amines) is 1. The van der Waals surface area contributed by atoms with Crippen LogP contribution in [0.2, 0.25) is 0 Å². The van der Waals surface area contributed by atoms with Crippen LogP contribution in [0.3, 0.4) is 0 Å². The van der Waals surface area contributed by atoms with Crippen molar-refractivity contribution in [2.45, 2.75) is 36.1 Å². The van der Waals surface area contributed by atoms with Crippen molar-refractivity contribution < 1.29 is 13.2 Å². The fraction of sp³-hybridized carbons (Fsp3) is 0.389. The van der Waals surface area contributed by atoms with E-state index in [-0.39, 0.29) is 18.1 Å². The summed E-state index contributed by atoms with van der Waals surface area (Å²) in [5.74, 6) is 0. The highest BCUT2D eigenvalue weighted by atomic mass is 32.2. The van der Waals surface area contributed by atoms with Crippen LogP contribution in [0.4, 0.5) is 4.79 Å². The molecule has 1 saturated heterocycles. The molecular formula is C18H23N3O3S2. The van der Waals surface area contributed by atoms with Crippen molar-refractivity contribution in [1.29, 1.82) is 0 Å². The Labute approximate surface area is 158 Å². The van der Waals surface area contributed by atoms with Gasteiger partial charge in [-0.3, -0.25) is 0 Å². The monoisotopic (exact) mass is 393 g/mol. The van der Waals surface area contributed by atoms with E-state index in [4.69, 9.17) is 0 Å². The summed E-state index contributed by atoms with van der Waals surface area (Å²) in [4.78, 5) is 14.2. The van der Waals surface area contributed by atoms with Gasteiger partial charge in [-0.2, -0.15) is 0 Å². The molecule has 1 aromatic carbocycles. The van der Waals surface area contributed by atoms with Crippen molar-refractivity contribution in [3.05, 3.63) is 53.4 Å². The molecule has 8 heteroatoms. The summed E-state index contributed by atoms with van der Waals surface area (Å²) in [6, 6.07) is 12.8. The van der Waals surface area contributed by atoms with Crippen LogP contribution in [0.25, 0.3) is 0 Å². The van der Waals surface area contributed by atoms with E-state index in [1.165, 1.54) is 11.3 Å². The van der Waals surface area contributed by atoms with Crippen LogP contribution in [-0.2, 0) is 10.0 Å². The number of carbonyl (C=O) groups excluding carboxylic acids is 1. The van der Waals surface area contributed by atoms with E-state index >= 15 is 0 Å². The van der Waals surface area contributed by atoms with Crippen molar-refractivity contribution in [2.24, 2.45) is 0 Å². The molecule has 140 valence electrons. The summed E-state index contributed by atoms with van der Waals surface area (Å²) < 4.78 is 27.6. The second kappa shape index (κ2) is 8.20. The van der Waals surface area contributed by atoms with Gasteiger partial charge in [-0.05, 0) is 36.8 Å². The van der Waals surface area contributed by atoms with E-state index < -0.39 is 10.0 Å². The zero-order valence-corrected chi connectivity index (χ0v) is 16.2. The van der Waals surface area contributed by atoms with Gasteiger partial charge >= 0.3 is 6.03 Å². The summed E-state index contributed by atoms with van der Waals surface area (Å²) >= 11 is 1.20. The number of carbonyl (C=O) groups is 1. The van der Waals surface area contributed by atoms with Crippen molar-refractivity contribution in [1.82, 2.24) is 14.9 Å². The van der Waals surface area contributed by atoms with Gasteiger partial charge in [0.05, 0.1) is 6.04 Å². The van der Waals surface area contributed by atoms with Gasteiger partial charge in [0.2, 0.25) is 10.0 Å². The lowest BCUT2D eigenvalue weighted by atomic mass is 10.1. The Balaban J connectivity index is 1.50. The van der Waals surface area contributed by atoms with Gasteiger partial charge in [-0.15, -0.1) is 11.3 Å². The number of benzene rings is 1. The second-order valence-electron chi connectivity index (χ2n) is 6.40. The molecule has 0 radical (unpaired) electrons. The standard InChI is InChI=1S/C18H23N3O3S2/c1-14(15-6-3-2-4-7-15)19-18(22)21-11-9-16(10-12-21)20-26(23,24)17-8-5-13-25-17/h2-8,13-14,16,20H,9-12H2,1H3,(H,19,22)/t14-/m0/s1. The van der Waals surface area contributed by atoms with Gasteiger partial charge in [-0.1, -0.05) is 36.4 Å². The quantitative estimate of drug-likeness (QED) is 0.820. The third-order valence-electron chi connectivity index (χ3n) is 4.50. The lowest BCUT2D eigenvalue weighted by Gasteiger charge is -2.33. The average Bonchev–Trinajstić information content (AvgIpc) is 3.18. The van der Waals surface area contributed by atoms with Gasteiger partial charge in [0, 0.05) is 19.1 Å². The Hall–Kier alpha value is -1.90. The van der Waals surface area contributed by atoms with Crippen LogP contribution in [0.1, 0.15) is 31.4 Å². The van der Waals surface area contributed by atoms with Crippen molar-refractivity contribution in [3.63, 3.8) is 0 Å². The van der Waals surface area contributed by atoms with E-state index in [9.17, 15) is 13.2 Å². The normalized spacial score (nSPS) is 17.0. The first-order valence-electron chi connectivity index (χ1n) is 8.62. The number of nitrogens with one attached hydrogen (secondary N) is 2. The molecule has 1 aromatic heterocycles. The molecule has 1 aliphatic heterocycles. The zero-order valence-electron chi connectivity index (χ0n) is 14.6. The van der Waals surface area contributed by atoms with Gasteiger partial charge in [0.25, 0.3) is 0 Å². The molecule has 0 saturated carbocycles. The minimum Gasteiger partial charge on any atom is -0.331 e. The van der Waals surface area contributed by atoms with Crippen molar-refractivity contribution in [3.8, 4) is 0 Å². The number of thiophene rings is 1. The van der Waals surface area contributed by atoms with Crippen LogP contribution in [0.15, 0.2) is 52.1 Å². The van der Waals surface area contributed by atoms with Gasteiger partial charge in [-0.25, -0.2) is 17.9 Å². The van der Waals surface area contributed by atoms with E-state index in [0.29, 0.717) is 30.1 Å². The third kappa shape index (κ3) is 4.63. The zero-order chi connectivity index (χ0) is 18.6. The topological polar surface area (TPSA) is 78.5 Å². The molecule has 1 aliphatic rings. The molecular weight excluding hydrogens is 370 g/mol. The molecule has 0 aliphatic carbocycles. The number of hydrogen-bond acceptors (Lipinski definition) is 4. The van der Waals surface area contributed by atoms with E-state index in [0.717, 1.165) is 5.56 Å². The van der Waals surface area contributed by atoms with Gasteiger partial charge in [0.1, 0.15) is 4.21 Å². The van der Waals surface area contributed by atoms with E-state index in [1.807, 2.05) is 37.3 Å². The molecule has 3 rings (SSSR count). The summed E-state index contributed by atoms with van der Waals surface area (Å²) in [7, 11) is -3.46. The first-order valence-corrected chi connectivity index (χ1v) is 11.0. The summed E-state index contributed by atoms with van der Waals surface area (Å²) in [6.45, 7) is 3.02. The molecule has 1 atom stereocenters. The molecule has 2 aromatic rings. The first kappa shape index (κ1) is 18.9. The molecule has 0 bridgehead atoms. The lowest BCUT2D eigenvalue weighted by molar-refractivity contribution is 0.177. The van der Waals surface area contributed by atoms with Gasteiger partial charge < -0.3 is 10.2 Å². The van der Waals surface area contributed by atoms with E-state index in [1.54, 1.807) is 22.4 Å². The highest BCUT2D eigenvalue weighted by Crippen LogP contribution is 2.19. The first-order chi connectivity index (χ1) is 12.5. The number of hydrogen-bond donors (Lipinski definition) is 2. The van der Waals surface area contributed by atoms with Crippen LogP contribution < -0.4 is 10.0 Å². The predicted octanol–water partition coefficient (Wildman–Crippen LogP) is 2.96. The molecule has 2 N–H and O–H groups in total. The molecule has 2 amide bonds. The number of urea groups is 1. The Kier molecular flexibility index (Phi) is 5.95. The van der Waals surface area contributed by atoms with Gasteiger partial charge in [0.15, 0.2) is 0 Å². The molecule has 6 nitrogen and oxygen atoms in total. The third-order valence-corrected chi connectivity index (χ3v) is 7.42. The Bertz CT molecular complexity index is 815. The molecule has 0 spiro atoms. The molecule has 1 fully saturated rings. The van der Waals surface area contributed by atoms with Crippen molar-refractivity contribution in [2.75, 3.05) is 13.1 Å². The van der Waals surface area contributed by atoms with Crippen LogP contribution in [-0.4, -0.2) is 38.5 Å². The fourth-order valence-electron chi connectivity index (χ4n) is 3.00. The number of amides is 2. The number of sulfonamides is 1. The number of nitrogens with zero attached hydrogens (tertiary/aromatic N) is 1. The Morgan fingerprint density at radius 3 is 2.46 bits per heavy atom. The summed E-state index contributed by atoms with van der Waals surface area (Å²) in [5.41, 5.74) is 1.06. The maximum atomic E-state index is 12.4. The number of piperidine rings is 1. The summed E-state index contributed by atoms with van der Waals surface area (Å²) in [6.07, 6.45) is 1.22. The second-order valence-corrected chi connectivity index (χ2v) is 9.29. The fourth-order valence-corrected chi connectivity index (χ4v) is 5.31. The molecule has 26 heavy (non-hydrogen) atoms. The Morgan fingerprint density at radius 2 is 1.85 bits per heavy atom. The largest absolute Gasteiger partial charge is 0.331 e. The number of rotatable bonds is 5.